The second-order valence-electron chi connectivity index (χ2n) is 3.14. The molecular weight excluding hydrogens is 216 g/mol. The van der Waals surface area contributed by atoms with Gasteiger partial charge in [0, 0.05) is 6.07 Å². The molecule has 0 aliphatic rings. The van der Waals surface area contributed by atoms with E-state index in [4.69, 9.17) is 10.5 Å². The van der Waals surface area contributed by atoms with E-state index in [2.05, 4.69) is 10.2 Å². The topological polar surface area (TPSA) is 63.9 Å². The monoisotopic (exact) mass is 225 g/mol. The Hall–Kier alpha value is -2.11. The highest BCUT2D eigenvalue weighted by Crippen LogP contribution is 2.34. The summed E-state index contributed by atoms with van der Waals surface area (Å²) < 4.78 is 31.8. The van der Waals surface area contributed by atoms with Crippen molar-refractivity contribution in [2.45, 2.75) is 0 Å². The predicted molar refractivity (Wildman–Crippen MR) is 54.9 cm³/mol. The summed E-state index contributed by atoms with van der Waals surface area (Å²) in [5, 5.41) is 6.15. The molecule has 0 amide bonds. The third-order valence-electron chi connectivity index (χ3n) is 2.13. The van der Waals surface area contributed by atoms with Gasteiger partial charge in [0.05, 0.1) is 18.4 Å². The Balaban J connectivity index is 2.67. The van der Waals surface area contributed by atoms with Gasteiger partial charge in [0.2, 0.25) is 0 Å². The van der Waals surface area contributed by atoms with E-state index in [0.717, 1.165) is 12.1 Å². The molecule has 1 heterocycles. The normalized spacial score (nSPS) is 10.4. The summed E-state index contributed by atoms with van der Waals surface area (Å²) in [4.78, 5) is 0. The first-order valence-electron chi connectivity index (χ1n) is 4.46. The summed E-state index contributed by atoms with van der Waals surface area (Å²) in [6, 6.07) is 3.42. The molecular formula is C10H9F2N3O. The van der Waals surface area contributed by atoms with Crippen molar-refractivity contribution >= 4 is 5.82 Å². The number of nitrogens with two attached hydrogens (primary N) is 1. The third-order valence-corrected chi connectivity index (χ3v) is 2.13. The van der Waals surface area contributed by atoms with Crippen LogP contribution in [0.1, 0.15) is 0 Å². The number of hydrogen-bond donors (Lipinski definition) is 2. The number of hydrogen-bond acceptors (Lipinski definition) is 3. The number of methoxy groups -OCH3 is 1. The van der Waals surface area contributed by atoms with Crippen LogP contribution in [-0.2, 0) is 0 Å². The molecule has 2 aromatic rings. The summed E-state index contributed by atoms with van der Waals surface area (Å²) in [6.45, 7) is 0. The first-order chi connectivity index (χ1) is 7.63. The fraction of sp³-hybridized carbons (Fsp3) is 0.100. The molecule has 3 N–H and O–H groups in total. The maximum absolute atomic E-state index is 13.6. The van der Waals surface area contributed by atoms with E-state index in [9.17, 15) is 8.78 Å². The average molecular weight is 225 g/mol. The molecule has 1 aromatic heterocycles. The van der Waals surface area contributed by atoms with E-state index >= 15 is 0 Å². The zero-order valence-corrected chi connectivity index (χ0v) is 8.42. The molecule has 84 valence electrons. The lowest BCUT2D eigenvalue weighted by molar-refractivity contribution is 0.385. The van der Waals surface area contributed by atoms with Crippen LogP contribution in [0.2, 0.25) is 0 Å². The number of aromatic amines is 1. The second kappa shape index (κ2) is 3.80. The zero-order chi connectivity index (χ0) is 11.7. The number of H-pyrrole nitrogens is 1. The van der Waals surface area contributed by atoms with Gasteiger partial charge in [-0.05, 0) is 12.1 Å². The molecule has 2 rings (SSSR count). The van der Waals surface area contributed by atoms with Gasteiger partial charge < -0.3 is 10.5 Å². The molecule has 0 saturated heterocycles. The van der Waals surface area contributed by atoms with E-state index in [-0.39, 0.29) is 22.8 Å². The van der Waals surface area contributed by atoms with E-state index in [1.54, 1.807) is 0 Å². The van der Waals surface area contributed by atoms with Crippen LogP contribution in [0.3, 0.4) is 0 Å². The molecule has 0 bridgehead atoms. The number of rotatable bonds is 2. The Morgan fingerprint density at radius 2 is 2.00 bits per heavy atom. The molecule has 0 spiro atoms. The smallest absolute Gasteiger partial charge is 0.166 e. The van der Waals surface area contributed by atoms with Crippen LogP contribution in [0.15, 0.2) is 18.2 Å². The van der Waals surface area contributed by atoms with Gasteiger partial charge in [-0.15, -0.1) is 0 Å². The Morgan fingerprint density at radius 1 is 1.31 bits per heavy atom. The molecule has 4 nitrogen and oxygen atoms in total. The van der Waals surface area contributed by atoms with E-state index < -0.39 is 11.6 Å². The minimum Gasteiger partial charge on any atom is -0.493 e. The summed E-state index contributed by atoms with van der Waals surface area (Å²) in [5.41, 5.74) is 5.64. The molecule has 16 heavy (non-hydrogen) atoms. The molecule has 0 saturated carbocycles. The van der Waals surface area contributed by atoms with Crippen LogP contribution < -0.4 is 10.5 Å². The average Bonchev–Trinajstić information content (AvgIpc) is 2.67. The lowest BCUT2D eigenvalue weighted by Gasteiger charge is -2.08. The van der Waals surface area contributed by atoms with Gasteiger partial charge in [0.25, 0.3) is 0 Å². The standard InChI is InChI=1S/C10H9F2N3O/c1-16-10-6(12)3-2-5(11)9(10)7-4-8(13)15-14-7/h2-4H,1H3,(H3,13,14,15). The van der Waals surface area contributed by atoms with E-state index in [1.165, 1.54) is 13.2 Å². The number of ether oxygens (including phenoxy) is 1. The Morgan fingerprint density at radius 3 is 2.56 bits per heavy atom. The van der Waals surface area contributed by atoms with Crippen LogP contribution in [0, 0.1) is 11.6 Å². The van der Waals surface area contributed by atoms with Gasteiger partial charge in [0.1, 0.15) is 11.6 Å². The zero-order valence-electron chi connectivity index (χ0n) is 8.42. The van der Waals surface area contributed by atoms with Crippen molar-refractivity contribution in [1.29, 1.82) is 0 Å². The number of anilines is 1. The molecule has 0 aliphatic carbocycles. The highest BCUT2D eigenvalue weighted by molar-refractivity contribution is 5.69. The molecule has 0 fully saturated rings. The highest BCUT2D eigenvalue weighted by Gasteiger charge is 2.17. The van der Waals surface area contributed by atoms with Crippen molar-refractivity contribution in [3.63, 3.8) is 0 Å². The quantitative estimate of drug-likeness (QED) is 0.820. The van der Waals surface area contributed by atoms with Gasteiger partial charge in [0.15, 0.2) is 11.6 Å². The molecule has 0 unspecified atom stereocenters. The SMILES string of the molecule is COc1c(F)ccc(F)c1-c1cc(N)n[nH]1. The lowest BCUT2D eigenvalue weighted by Crippen LogP contribution is -1.95. The Kier molecular flexibility index (Phi) is 2.47. The number of nitrogen functional groups attached to an aromatic ring is 1. The highest BCUT2D eigenvalue weighted by atomic mass is 19.1. The van der Waals surface area contributed by atoms with Crippen molar-refractivity contribution in [3.8, 4) is 17.0 Å². The maximum Gasteiger partial charge on any atom is 0.166 e. The summed E-state index contributed by atoms with van der Waals surface area (Å²) in [7, 11) is 1.26. The number of benzene rings is 1. The van der Waals surface area contributed by atoms with Crippen LogP contribution in [0.25, 0.3) is 11.3 Å². The Labute approximate surface area is 90.0 Å². The van der Waals surface area contributed by atoms with Crippen molar-refractivity contribution in [1.82, 2.24) is 10.2 Å². The minimum atomic E-state index is -0.646. The van der Waals surface area contributed by atoms with Crippen LogP contribution in [-0.4, -0.2) is 17.3 Å². The van der Waals surface area contributed by atoms with Gasteiger partial charge in [-0.2, -0.15) is 5.10 Å². The predicted octanol–water partition coefficient (Wildman–Crippen LogP) is 1.95. The summed E-state index contributed by atoms with van der Waals surface area (Å²) in [5.74, 6) is -1.24. The number of nitrogens with one attached hydrogen (secondary N) is 1. The molecule has 0 radical (unpaired) electrons. The first kappa shape index (κ1) is 10.4. The molecule has 1 aromatic carbocycles. The second-order valence-corrected chi connectivity index (χ2v) is 3.14. The third kappa shape index (κ3) is 1.58. The van der Waals surface area contributed by atoms with E-state index in [0.29, 0.717) is 0 Å². The lowest BCUT2D eigenvalue weighted by atomic mass is 10.1. The summed E-state index contributed by atoms with van der Waals surface area (Å²) in [6.07, 6.45) is 0. The largest absolute Gasteiger partial charge is 0.493 e. The first-order valence-corrected chi connectivity index (χ1v) is 4.46. The fourth-order valence-electron chi connectivity index (χ4n) is 1.45. The number of aromatic nitrogens is 2. The van der Waals surface area contributed by atoms with Crippen LogP contribution >= 0.6 is 0 Å². The number of halogens is 2. The van der Waals surface area contributed by atoms with Crippen LogP contribution in [0.4, 0.5) is 14.6 Å². The summed E-state index contributed by atoms with van der Waals surface area (Å²) >= 11 is 0. The maximum atomic E-state index is 13.6. The van der Waals surface area contributed by atoms with Gasteiger partial charge in [-0.25, -0.2) is 8.78 Å². The van der Waals surface area contributed by atoms with Crippen molar-refractivity contribution in [2.24, 2.45) is 0 Å². The fourth-order valence-corrected chi connectivity index (χ4v) is 1.45. The number of nitrogens with zero attached hydrogens (tertiary/aromatic N) is 1. The van der Waals surface area contributed by atoms with Crippen LogP contribution in [0.5, 0.6) is 5.75 Å². The van der Waals surface area contributed by atoms with Crippen molar-refractivity contribution in [3.05, 3.63) is 29.8 Å². The van der Waals surface area contributed by atoms with Gasteiger partial charge in [-0.3, -0.25) is 5.10 Å². The molecule has 0 atom stereocenters. The molecule has 6 heteroatoms. The molecule has 0 aliphatic heterocycles. The Bertz CT molecular complexity index is 525. The van der Waals surface area contributed by atoms with Crippen molar-refractivity contribution in [2.75, 3.05) is 12.8 Å². The van der Waals surface area contributed by atoms with Gasteiger partial charge in [-0.1, -0.05) is 0 Å². The van der Waals surface area contributed by atoms with Crippen molar-refractivity contribution < 1.29 is 13.5 Å². The van der Waals surface area contributed by atoms with Gasteiger partial charge >= 0.3 is 0 Å². The minimum absolute atomic E-state index is 0.0216. The van der Waals surface area contributed by atoms with E-state index in [1.807, 2.05) is 0 Å².